The molecular formula is C10H17NO3. The van der Waals surface area contributed by atoms with Crippen LogP contribution in [0.4, 0.5) is 4.79 Å². The van der Waals surface area contributed by atoms with Crippen LogP contribution in [0.1, 0.15) is 26.2 Å². The van der Waals surface area contributed by atoms with Crippen molar-refractivity contribution in [2.75, 3.05) is 6.61 Å². The normalized spacial score (nSPS) is 26.9. The van der Waals surface area contributed by atoms with Crippen LogP contribution in [-0.4, -0.2) is 30.0 Å². The Bertz CT molecular complexity index is 215. The van der Waals surface area contributed by atoms with Crippen molar-refractivity contribution in [2.24, 2.45) is 0 Å². The highest BCUT2D eigenvalue weighted by molar-refractivity contribution is 5.64. The summed E-state index contributed by atoms with van der Waals surface area (Å²) in [6, 6.07) is 0.0723. The first-order chi connectivity index (χ1) is 6.72. The van der Waals surface area contributed by atoms with E-state index in [9.17, 15) is 4.79 Å². The van der Waals surface area contributed by atoms with E-state index in [1.54, 1.807) is 0 Å². The van der Waals surface area contributed by atoms with Crippen molar-refractivity contribution in [3.8, 4) is 0 Å². The molecule has 0 aromatic rings. The number of nitrogens with one attached hydrogen (secondary N) is 1. The van der Waals surface area contributed by atoms with Gasteiger partial charge in [-0.2, -0.15) is 0 Å². The predicted molar refractivity (Wildman–Crippen MR) is 53.4 cm³/mol. The minimum absolute atomic E-state index is 0.0723. The molecule has 1 aliphatic rings. The van der Waals surface area contributed by atoms with Crippen molar-refractivity contribution in [1.82, 2.24) is 5.32 Å². The third kappa shape index (κ3) is 3.79. The molecule has 0 aliphatic heterocycles. The van der Waals surface area contributed by atoms with Gasteiger partial charge in [0.1, 0.15) is 0 Å². The van der Waals surface area contributed by atoms with Crippen LogP contribution in [0.2, 0.25) is 0 Å². The van der Waals surface area contributed by atoms with E-state index in [1.165, 1.54) is 0 Å². The molecule has 1 rings (SSSR count). The van der Waals surface area contributed by atoms with Gasteiger partial charge in [-0.25, -0.2) is 4.79 Å². The van der Waals surface area contributed by atoms with E-state index in [1.807, 2.05) is 19.1 Å². The Hall–Kier alpha value is -1.03. The lowest BCUT2D eigenvalue weighted by atomic mass is 10.2. The van der Waals surface area contributed by atoms with Gasteiger partial charge in [-0.15, -0.1) is 0 Å². The maximum Gasteiger partial charge on any atom is 0.404 e. The molecule has 0 aromatic carbocycles. The van der Waals surface area contributed by atoms with Crippen molar-refractivity contribution in [1.29, 1.82) is 0 Å². The molecule has 0 aromatic heterocycles. The molecule has 1 fully saturated rings. The molecule has 2 N–H and O–H groups in total. The van der Waals surface area contributed by atoms with Crippen molar-refractivity contribution < 1.29 is 14.6 Å². The second-order valence-corrected chi connectivity index (χ2v) is 3.48. The molecule has 0 saturated heterocycles. The monoisotopic (exact) mass is 199 g/mol. The number of allylic oxidation sites excluding steroid dienone is 1. The van der Waals surface area contributed by atoms with Crippen LogP contribution in [0.15, 0.2) is 12.2 Å². The third-order valence-corrected chi connectivity index (χ3v) is 2.38. The van der Waals surface area contributed by atoms with Gasteiger partial charge in [-0.3, -0.25) is 0 Å². The standard InChI is InChI=1S/C10H17NO3/c1-2-3-6-14-9-5-4-8(7-9)11-10(12)13/h2-3,8-9,11H,4-7H2,1H3,(H,12,13). The number of rotatable bonds is 4. The summed E-state index contributed by atoms with van der Waals surface area (Å²) in [6.45, 7) is 2.58. The molecule has 0 radical (unpaired) electrons. The lowest BCUT2D eigenvalue weighted by Gasteiger charge is -2.11. The molecular weight excluding hydrogens is 182 g/mol. The lowest BCUT2D eigenvalue weighted by molar-refractivity contribution is 0.0780. The van der Waals surface area contributed by atoms with Gasteiger partial charge in [0.15, 0.2) is 0 Å². The number of carbonyl (C=O) groups is 1. The fourth-order valence-corrected chi connectivity index (χ4v) is 1.69. The van der Waals surface area contributed by atoms with Gasteiger partial charge in [0, 0.05) is 6.04 Å². The van der Waals surface area contributed by atoms with Gasteiger partial charge in [-0.1, -0.05) is 12.2 Å². The molecule has 4 heteroatoms. The number of hydrogen-bond donors (Lipinski definition) is 2. The van der Waals surface area contributed by atoms with Crippen LogP contribution in [0, 0.1) is 0 Å². The molecule has 14 heavy (non-hydrogen) atoms. The lowest BCUT2D eigenvalue weighted by Crippen LogP contribution is -2.31. The average molecular weight is 199 g/mol. The summed E-state index contributed by atoms with van der Waals surface area (Å²) in [5, 5.41) is 11.0. The van der Waals surface area contributed by atoms with Crippen LogP contribution >= 0.6 is 0 Å². The second kappa shape index (κ2) is 5.65. The van der Waals surface area contributed by atoms with E-state index in [-0.39, 0.29) is 12.1 Å². The van der Waals surface area contributed by atoms with Gasteiger partial charge in [0.2, 0.25) is 0 Å². The molecule has 80 valence electrons. The van der Waals surface area contributed by atoms with Crippen LogP contribution in [0.25, 0.3) is 0 Å². The number of carboxylic acid groups (broad SMARTS) is 1. The van der Waals surface area contributed by atoms with E-state index in [0.29, 0.717) is 6.61 Å². The van der Waals surface area contributed by atoms with Gasteiger partial charge in [-0.05, 0) is 26.2 Å². The van der Waals surface area contributed by atoms with Crippen molar-refractivity contribution in [3.63, 3.8) is 0 Å². The Labute approximate surface area is 83.9 Å². The van der Waals surface area contributed by atoms with E-state index in [4.69, 9.17) is 9.84 Å². The Morgan fingerprint density at radius 2 is 2.43 bits per heavy atom. The molecule has 2 unspecified atom stereocenters. The van der Waals surface area contributed by atoms with Crippen LogP contribution in [-0.2, 0) is 4.74 Å². The summed E-state index contributed by atoms with van der Waals surface area (Å²) in [6.07, 6.45) is 5.80. The maximum atomic E-state index is 10.4. The summed E-state index contributed by atoms with van der Waals surface area (Å²) in [4.78, 5) is 10.4. The molecule has 0 bridgehead atoms. The first kappa shape index (κ1) is 11.0. The van der Waals surface area contributed by atoms with E-state index < -0.39 is 6.09 Å². The summed E-state index contributed by atoms with van der Waals surface area (Å²) in [5.74, 6) is 0. The quantitative estimate of drug-likeness (QED) is 0.678. The molecule has 1 aliphatic carbocycles. The first-order valence-corrected chi connectivity index (χ1v) is 4.94. The molecule has 1 amide bonds. The van der Waals surface area contributed by atoms with E-state index >= 15 is 0 Å². The minimum atomic E-state index is -0.941. The zero-order valence-electron chi connectivity index (χ0n) is 8.40. The van der Waals surface area contributed by atoms with Crippen LogP contribution in [0.5, 0.6) is 0 Å². The highest BCUT2D eigenvalue weighted by Gasteiger charge is 2.25. The van der Waals surface area contributed by atoms with Crippen LogP contribution in [0.3, 0.4) is 0 Å². The molecule has 1 saturated carbocycles. The van der Waals surface area contributed by atoms with E-state index in [2.05, 4.69) is 5.32 Å². The van der Waals surface area contributed by atoms with Crippen LogP contribution < -0.4 is 5.32 Å². The smallest absolute Gasteiger partial charge is 0.404 e. The van der Waals surface area contributed by atoms with Gasteiger partial charge in [0.05, 0.1) is 12.7 Å². The summed E-state index contributed by atoms with van der Waals surface area (Å²) < 4.78 is 5.54. The summed E-state index contributed by atoms with van der Waals surface area (Å²) in [5.41, 5.74) is 0. The SMILES string of the molecule is CC=CCOC1CCC(NC(=O)O)C1. The molecule has 0 spiro atoms. The Morgan fingerprint density at radius 3 is 3.07 bits per heavy atom. The summed E-state index contributed by atoms with van der Waals surface area (Å²) in [7, 11) is 0. The van der Waals surface area contributed by atoms with Crippen molar-refractivity contribution in [3.05, 3.63) is 12.2 Å². The maximum absolute atomic E-state index is 10.4. The topological polar surface area (TPSA) is 58.6 Å². The second-order valence-electron chi connectivity index (χ2n) is 3.48. The Kier molecular flexibility index (Phi) is 4.46. The first-order valence-electron chi connectivity index (χ1n) is 4.94. The largest absolute Gasteiger partial charge is 0.465 e. The average Bonchev–Trinajstić information content (AvgIpc) is 2.52. The highest BCUT2D eigenvalue weighted by atomic mass is 16.5. The van der Waals surface area contributed by atoms with Gasteiger partial charge < -0.3 is 15.2 Å². The predicted octanol–water partition coefficient (Wildman–Crippen LogP) is 1.77. The fraction of sp³-hybridized carbons (Fsp3) is 0.700. The van der Waals surface area contributed by atoms with Crippen molar-refractivity contribution >= 4 is 6.09 Å². The van der Waals surface area contributed by atoms with Crippen molar-refractivity contribution in [2.45, 2.75) is 38.3 Å². The molecule has 0 heterocycles. The zero-order valence-corrected chi connectivity index (χ0v) is 8.40. The number of ether oxygens (including phenoxy) is 1. The van der Waals surface area contributed by atoms with Gasteiger partial charge >= 0.3 is 6.09 Å². The van der Waals surface area contributed by atoms with E-state index in [0.717, 1.165) is 19.3 Å². The third-order valence-electron chi connectivity index (χ3n) is 2.38. The zero-order chi connectivity index (χ0) is 10.4. The minimum Gasteiger partial charge on any atom is -0.465 e. The number of hydrogen-bond acceptors (Lipinski definition) is 2. The van der Waals surface area contributed by atoms with Gasteiger partial charge in [0.25, 0.3) is 0 Å². The summed E-state index contributed by atoms with van der Waals surface area (Å²) >= 11 is 0. The molecule has 4 nitrogen and oxygen atoms in total. The molecule has 2 atom stereocenters. The fourth-order valence-electron chi connectivity index (χ4n) is 1.69. The Balaban J connectivity index is 2.17. The Morgan fingerprint density at radius 1 is 1.64 bits per heavy atom. The number of amides is 1. The highest BCUT2D eigenvalue weighted by Crippen LogP contribution is 2.21.